The molecule has 0 aromatic heterocycles. The first-order valence-electron chi connectivity index (χ1n) is 7.18. The zero-order valence-corrected chi connectivity index (χ0v) is 13.8. The topological polar surface area (TPSA) is 77.0 Å². The largest absolute Gasteiger partial charge is 0.496 e. The highest BCUT2D eigenvalue weighted by atomic mass is 16.5. The molecule has 124 valence electrons. The van der Waals surface area contributed by atoms with Crippen LogP contribution < -0.4 is 19.5 Å². The fourth-order valence-electron chi connectivity index (χ4n) is 2.21. The third-order valence-corrected chi connectivity index (χ3v) is 3.33. The number of hydrogen-bond donors (Lipinski definition) is 2. The summed E-state index contributed by atoms with van der Waals surface area (Å²) in [6, 6.07) is 2.92. The van der Waals surface area contributed by atoms with Gasteiger partial charge in [-0.2, -0.15) is 0 Å². The minimum absolute atomic E-state index is 0.292. The lowest BCUT2D eigenvalue weighted by atomic mass is 10.0. The van der Waals surface area contributed by atoms with Crippen molar-refractivity contribution in [2.24, 2.45) is 5.92 Å². The second kappa shape index (κ2) is 8.48. The van der Waals surface area contributed by atoms with Gasteiger partial charge in [0, 0.05) is 18.2 Å². The molecule has 0 saturated heterocycles. The van der Waals surface area contributed by atoms with Crippen LogP contribution in [0.25, 0.3) is 0 Å². The highest BCUT2D eigenvalue weighted by molar-refractivity contribution is 5.73. The van der Waals surface area contributed by atoms with Crippen LogP contribution in [0.3, 0.4) is 0 Å². The molecule has 0 saturated carbocycles. The second-order valence-electron chi connectivity index (χ2n) is 5.42. The van der Waals surface area contributed by atoms with Gasteiger partial charge in [-0.25, -0.2) is 0 Å². The normalized spacial score (nSPS) is 12.1. The van der Waals surface area contributed by atoms with Crippen LogP contribution in [0.4, 0.5) is 0 Å². The Hall–Kier alpha value is -1.95. The van der Waals surface area contributed by atoms with Crippen molar-refractivity contribution in [3.05, 3.63) is 17.7 Å². The molecule has 0 radical (unpaired) electrons. The van der Waals surface area contributed by atoms with E-state index in [1.165, 1.54) is 0 Å². The summed E-state index contributed by atoms with van der Waals surface area (Å²) in [4.78, 5) is 11.3. The molecule has 6 heteroatoms. The summed E-state index contributed by atoms with van der Waals surface area (Å²) in [6.07, 6.45) is 0.560. The van der Waals surface area contributed by atoms with Crippen molar-refractivity contribution >= 4 is 5.97 Å². The summed E-state index contributed by atoms with van der Waals surface area (Å²) < 4.78 is 15.8. The van der Waals surface area contributed by atoms with Gasteiger partial charge in [-0.1, -0.05) is 13.8 Å². The Morgan fingerprint density at radius 1 is 1.09 bits per heavy atom. The van der Waals surface area contributed by atoms with E-state index in [1.54, 1.807) is 33.5 Å². The standard InChI is InChI=1S/C16H25NO5/c1-10(2)6-12(16(18)19)17-9-11-7-14(21-4)15(22-5)8-13(11)20-3/h7-8,10,12,17H,6,9H2,1-5H3,(H,18,19)/t12-/m1/s1. The Labute approximate surface area is 131 Å². The van der Waals surface area contributed by atoms with Crippen LogP contribution in [0.2, 0.25) is 0 Å². The van der Waals surface area contributed by atoms with Gasteiger partial charge in [-0.05, 0) is 18.4 Å². The minimum Gasteiger partial charge on any atom is -0.496 e. The smallest absolute Gasteiger partial charge is 0.320 e. The van der Waals surface area contributed by atoms with Gasteiger partial charge in [0.1, 0.15) is 11.8 Å². The summed E-state index contributed by atoms with van der Waals surface area (Å²) >= 11 is 0. The monoisotopic (exact) mass is 311 g/mol. The molecule has 1 aromatic carbocycles. The van der Waals surface area contributed by atoms with Crippen molar-refractivity contribution in [3.8, 4) is 17.2 Å². The van der Waals surface area contributed by atoms with Crippen molar-refractivity contribution in [1.29, 1.82) is 0 Å². The Morgan fingerprint density at radius 2 is 1.64 bits per heavy atom. The van der Waals surface area contributed by atoms with Crippen LogP contribution >= 0.6 is 0 Å². The molecular weight excluding hydrogens is 286 g/mol. The van der Waals surface area contributed by atoms with Crippen molar-refractivity contribution in [2.45, 2.75) is 32.9 Å². The number of aliphatic carboxylic acids is 1. The lowest BCUT2D eigenvalue weighted by Crippen LogP contribution is -2.37. The van der Waals surface area contributed by atoms with E-state index in [9.17, 15) is 9.90 Å². The van der Waals surface area contributed by atoms with E-state index in [1.807, 2.05) is 13.8 Å². The van der Waals surface area contributed by atoms with E-state index in [0.29, 0.717) is 36.1 Å². The number of ether oxygens (including phenoxy) is 3. The van der Waals surface area contributed by atoms with Crippen LogP contribution in [-0.2, 0) is 11.3 Å². The maximum atomic E-state index is 11.3. The number of nitrogens with one attached hydrogen (secondary N) is 1. The molecule has 1 atom stereocenters. The lowest BCUT2D eigenvalue weighted by Gasteiger charge is -2.18. The number of carboxylic acid groups (broad SMARTS) is 1. The average molecular weight is 311 g/mol. The number of rotatable bonds is 9. The third-order valence-electron chi connectivity index (χ3n) is 3.33. The maximum absolute atomic E-state index is 11.3. The summed E-state index contributed by atoms with van der Waals surface area (Å²) in [5.41, 5.74) is 0.815. The predicted octanol–water partition coefficient (Wildman–Crippen LogP) is 2.30. The van der Waals surface area contributed by atoms with Crippen LogP contribution in [0, 0.1) is 5.92 Å². The van der Waals surface area contributed by atoms with Crippen molar-refractivity contribution in [1.82, 2.24) is 5.32 Å². The van der Waals surface area contributed by atoms with E-state index in [-0.39, 0.29) is 0 Å². The van der Waals surface area contributed by atoms with Crippen molar-refractivity contribution in [2.75, 3.05) is 21.3 Å². The van der Waals surface area contributed by atoms with Crippen molar-refractivity contribution in [3.63, 3.8) is 0 Å². The molecule has 1 aromatic rings. The van der Waals surface area contributed by atoms with Gasteiger partial charge < -0.3 is 24.6 Å². The van der Waals surface area contributed by atoms with E-state index in [0.717, 1.165) is 5.56 Å². The number of carbonyl (C=O) groups is 1. The summed E-state index contributed by atoms with van der Waals surface area (Å²) in [5, 5.41) is 12.3. The Kier molecular flexibility index (Phi) is 6.98. The number of benzene rings is 1. The van der Waals surface area contributed by atoms with E-state index >= 15 is 0 Å². The molecule has 22 heavy (non-hydrogen) atoms. The number of carboxylic acids is 1. The Morgan fingerprint density at radius 3 is 2.09 bits per heavy atom. The summed E-state index contributed by atoms with van der Waals surface area (Å²) in [5.74, 6) is 1.21. The van der Waals surface area contributed by atoms with Gasteiger partial charge in [0.05, 0.1) is 21.3 Å². The van der Waals surface area contributed by atoms with Gasteiger partial charge in [0.2, 0.25) is 0 Å². The van der Waals surface area contributed by atoms with Gasteiger partial charge >= 0.3 is 5.97 Å². The molecule has 0 amide bonds. The molecule has 0 aliphatic rings. The minimum atomic E-state index is -0.854. The highest BCUT2D eigenvalue weighted by Gasteiger charge is 2.19. The predicted molar refractivity (Wildman–Crippen MR) is 83.8 cm³/mol. The van der Waals surface area contributed by atoms with Gasteiger partial charge in [-0.3, -0.25) is 4.79 Å². The molecule has 2 N–H and O–H groups in total. The Balaban J connectivity index is 2.93. The summed E-state index contributed by atoms with van der Waals surface area (Å²) in [7, 11) is 4.67. The van der Waals surface area contributed by atoms with E-state index < -0.39 is 12.0 Å². The molecule has 0 fully saturated rings. The van der Waals surface area contributed by atoms with E-state index in [2.05, 4.69) is 5.32 Å². The lowest BCUT2D eigenvalue weighted by molar-refractivity contribution is -0.140. The molecular formula is C16H25NO5. The number of methoxy groups -OCH3 is 3. The first-order valence-corrected chi connectivity index (χ1v) is 7.18. The zero-order chi connectivity index (χ0) is 16.7. The van der Waals surface area contributed by atoms with E-state index in [4.69, 9.17) is 14.2 Å². The molecule has 0 unspecified atom stereocenters. The van der Waals surface area contributed by atoms with Crippen molar-refractivity contribution < 1.29 is 24.1 Å². The molecule has 0 aliphatic carbocycles. The van der Waals surface area contributed by atoms with Gasteiger partial charge in [0.15, 0.2) is 11.5 Å². The quantitative estimate of drug-likeness (QED) is 0.729. The van der Waals surface area contributed by atoms with Gasteiger partial charge in [0.25, 0.3) is 0 Å². The molecule has 1 rings (SSSR count). The third kappa shape index (κ3) is 4.80. The van der Waals surface area contributed by atoms with Gasteiger partial charge in [-0.15, -0.1) is 0 Å². The first kappa shape index (κ1) is 18.1. The Bertz CT molecular complexity index is 502. The molecule has 0 aliphatic heterocycles. The molecule has 0 heterocycles. The zero-order valence-electron chi connectivity index (χ0n) is 13.8. The fraction of sp³-hybridized carbons (Fsp3) is 0.562. The van der Waals surface area contributed by atoms with Crippen LogP contribution in [0.15, 0.2) is 12.1 Å². The first-order chi connectivity index (χ1) is 10.4. The fourth-order valence-corrected chi connectivity index (χ4v) is 2.21. The van der Waals surface area contributed by atoms with Crippen LogP contribution in [0.5, 0.6) is 17.2 Å². The highest BCUT2D eigenvalue weighted by Crippen LogP contribution is 2.34. The SMILES string of the molecule is COc1cc(OC)c(OC)cc1CN[C@H](CC(C)C)C(=O)O. The van der Waals surface area contributed by atoms with Crippen LogP contribution in [-0.4, -0.2) is 38.4 Å². The molecule has 0 bridgehead atoms. The number of hydrogen-bond acceptors (Lipinski definition) is 5. The second-order valence-corrected chi connectivity index (χ2v) is 5.42. The maximum Gasteiger partial charge on any atom is 0.320 e. The average Bonchev–Trinajstić information content (AvgIpc) is 2.49. The molecule has 0 spiro atoms. The molecule has 6 nitrogen and oxygen atoms in total. The summed E-state index contributed by atoms with van der Waals surface area (Å²) in [6.45, 7) is 4.36. The van der Waals surface area contributed by atoms with Crippen LogP contribution in [0.1, 0.15) is 25.8 Å².